The number of carbonyl (C=O) groups excluding carboxylic acids is 1. The van der Waals surface area contributed by atoms with Crippen LogP contribution in [0.5, 0.6) is 0 Å². The van der Waals surface area contributed by atoms with Gasteiger partial charge >= 0.3 is 6.03 Å². The molecule has 0 radical (unpaired) electrons. The van der Waals surface area contributed by atoms with Gasteiger partial charge in [-0.2, -0.15) is 0 Å². The average Bonchev–Trinajstić information content (AvgIpc) is 3.36. The molecule has 3 aliphatic rings. The Morgan fingerprint density at radius 2 is 2.00 bits per heavy atom. The normalized spacial score (nSPS) is 25.9. The van der Waals surface area contributed by atoms with Crippen molar-refractivity contribution in [3.63, 3.8) is 0 Å². The summed E-state index contributed by atoms with van der Waals surface area (Å²) in [4.78, 5) is 17.0. The van der Waals surface area contributed by atoms with E-state index >= 15 is 0 Å². The molecule has 3 fully saturated rings. The number of nitrogens with one attached hydrogen (secondary N) is 2. The van der Waals surface area contributed by atoms with Crippen molar-refractivity contribution in [2.45, 2.75) is 64.1 Å². The molecular formula is C17H32N4O. The first-order chi connectivity index (χ1) is 10.6. The Kier molecular flexibility index (Phi) is 5.24. The van der Waals surface area contributed by atoms with Crippen LogP contribution in [0.1, 0.15) is 46.0 Å². The minimum atomic E-state index is 0.0118. The molecule has 2 aliphatic carbocycles. The number of nitrogens with zero attached hydrogens (tertiary/aromatic N) is 2. The Morgan fingerprint density at radius 1 is 1.23 bits per heavy atom. The summed E-state index contributed by atoms with van der Waals surface area (Å²) >= 11 is 0. The largest absolute Gasteiger partial charge is 0.337 e. The lowest BCUT2D eigenvalue weighted by Gasteiger charge is -2.26. The molecule has 5 nitrogen and oxygen atoms in total. The first-order valence-electron chi connectivity index (χ1n) is 9.14. The molecule has 0 aromatic heterocycles. The van der Waals surface area contributed by atoms with Gasteiger partial charge in [-0.15, -0.1) is 0 Å². The second-order valence-corrected chi connectivity index (χ2v) is 7.65. The maximum absolute atomic E-state index is 12.0. The molecule has 22 heavy (non-hydrogen) atoms. The Bertz CT molecular complexity index is 377. The van der Waals surface area contributed by atoms with Crippen molar-refractivity contribution in [2.75, 3.05) is 32.7 Å². The van der Waals surface area contributed by atoms with Crippen LogP contribution in [0.15, 0.2) is 0 Å². The van der Waals surface area contributed by atoms with Gasteiger partial charge in [0, 0.05) is 50.8 Å². The molecule has 0 aromatic rings. The van der Waals surface area contributed by atoms with Crippen molar-refractivity contribution in [3.05, 3.63) is 0 Å². The van der Waals surface area contributed by atoms with E-state index in [1.165, 1.54) is 32.2 Å². The standard InChI is InChI=1S/C17H32N4O/c1-13(2)21(16-5-6-16)10-8-18-17(22)19-15-7-9-20(12-15)11-14-3-4-14/h13-16H,3-12H2,1-2H3,(H2,18,19,22). The van der Waals surface area contributed by atoms with E-state index in [9.17, 15) is 4.79 Å². The fraction of sp³-hybridized carbons (Fsp3) is 0.941. The van der Waals surface area contributed by atoms with E-state index in [0.29, 0.717) is 12.1 Å². The molecule has 1 saturated heterocycles. The van der Waals surface area contributed by atoms with Crippen molar-refractivity contribution in [2.24, 2.45) is 5.92 Å². The molecule has 0 spiro atoms. The highest BCUT2D eigenvalue weighted by Gasteiger charge is 2.31. The molecule has 1 atom stereocenters. The molecule has 3 rings (SSSR count). The number of hydrogen-bond acceptors (Lipinski definition) is 3. The minimum Gasteiger partial charge on any atom is -0.337 e. The number of rotatable bonds is 8. The van der Waals surface area contributed by atoms with E-state index in [-0.39, 0.29) is 6.03 Å². The highest BCUT2D eigenvalue weighted by molar-refractivity contribution is 5.74. The highest BCUT2D eigenvalue weighted by Crippen LogP contribution is 2.30. The van der Waals surface area contributed by atoms with Crippen LogP contribution >= 0.6 is 0 Å². The lowest BCUT2D eigenvalue weighted by molar-refractivity contribution is 0.206. The molecule has 126 valence electrons. The van der Waals surface area contributed by atoms with Crippen molar-refractivity contribution in [1.29, 1.82) is 0 Å². The van der Waals surface area contributed by atoms with E-state index in [1.807, 2.05) is 0 Å². The van der Waals surface area contributed by atoms with Gasteiger partial charge in [-0.3, -0.25) is 4.90 Å². The van der Waals surface area contributed by atoms with Gasteiger partial charge < -0.3 is 15.5 Å². The molecule has 2 saturated carbocycles. The van der Waals surface area contributed by atoms with E-state index in [0.717, 1.165) is 44.6 Å². The van der Waals surface area contributed by atoms with Gasteiger partial charge in [-0.05, 0) is 51.9 Å². The molecular weight excluding hydrogens is 276 g/mol. The zero-order valence-electron chi connectivity index (χ0n) is 14.2. The summed E-state index contributed by atoms with van der Waals surface area (Å²) < 4.78 is 0. The van der Waals surface area contributed by atoms with Crippen LogP contribution < -0.4 is 10.6 Å². The summed E-state index contributed by atoms with van der Waals surface area (Å²) in [6.45, 7) is 9.61. The summed E-state index contributed by atoms with van der Waals surface area (Å²) in [5, 5.41) is 6.18. The Labute approximate surface area is 134 Å². The third-order valence-electron chi connectivity index (χ3n) is 5.16. The molecule has 1 aliphatic heterocycles. The zero-order valence-corrected chi connectivity index (χ0v) is 14.2. The van der Waals surface area contributed by atoms with Crippen molar-refractivity contribution in [3.8, 4) is 0 Å². The van der Waals surface area contributed by atoms with Gasteiger partial charge in [-0.25, -0.2) is 4.79 Å². The maximum Gasteiger partial charge on any atom is 0.315 e. The zero-order chi connectivity index (χ0) is 15.5. The SMILES string of the molecule is CC(C)N(CCNC(=O)NC1CCN(CC2CC2)C1)C1CC1. The van der Waals surface area contributed by atoms with Crippen LogP contribution in [0.2, 0.25) is 0 Å². The smallest absolute Gasteiger partial charge is 0.315 e. The van der Waals surface area contributed by atoms with E-state index in [1.54, 1.807) is 0 Å². The quantitative estimate of drug-likeness (QED) is 0.717. The first kappa shape index (κ1) is 16.1. The van der Waals surface area contributed by atoms with Crippen LogP contribution in [-0.4, -0.2) is 66.7 Å². The second-order valence-electron chi connectivity index (χ2n) is 7.65. The van der Waals surface area contributed by atoms with E-state index < -0.39 is 0 Å². The minimum absolute atomic E-state index is 0.0118. The molecule has 0 aromatic carbocycles. The number of likely N-dealkylation sites (tertiary alicyclic amines) is 1. The van der Waals surface area contributed by atoms with Crippen LogP contribution in [0.4, 0.5) is 4.79 Å². The number of hydrogen-bond donors (Lipinski definition) is 2. The number of carbonyl (C=O) groups is 1. The van der Waals surface area contributed by atoms with Gasteiger partial charge in [0.15, 0.2) is 0 Å². The van der Waals surface area contributed by atoms with Gasteiger partial charge in [0.05, 0.1) is 0 Å². The predicted molar refractivity (Wildman–Crippen MR) is 89.0 cm³/mol. The first-order valence-corrected chi connectivity index (χ1v) is 9.14. The van der Waals surface area contributed by atoms with Gasteiger partial charge in [0.1, 0.15) is 0 Å². The predicted octanol–water partition coefficient (Wildman–Crippen LogP) is 1.64. The topological polar surface area (TPSA) is 47.6 Å². The fourth-order valence-electron chi connectivity index (χ4n) is 3.59. The van der Waals surface area contributed by atoms with Gasteiger partial charge in [0.25, 0.3) is 0 Å². The summed E-state index contributed by atoms with van der Waals surface area (Å²) in [6, 6.07) is 1.68. The van der Waals surface area contributed by atoms with Crippen molar-refractivity contribution in [1.82, 2.24) is 20.4 Å². The van der Waals surface area contributed by atoms with Crippen LogP contribution in [-0.2, 0) is 0 Å². The highest BCUT2D eigenvalue weighted by atomic mass is 16.2. The molecule has 5 heteroatoms. The number of urea groups is 1. The third-order valence-corrected chi connectivity index (χ3v) is 5.16. The van der Waals surface area contributed by atoms with E-state index in [2.05, 4.69) is 34.3 Å². The molecule has 2 amide bonds. The van der Waals surface area contributed by atoms with Gasteiger partial charge in [0.2, 0.25) is 0 Å². The van der Waals surface area contributed by atoms with Crippen molar-refractivity contribution >= 4 is 6.03 Å². The Morgan fingerprint density at radius 3 is 2.64 bits per heavy atom. The maximum atomic E-state index is 12.0. The Hall–Kier alpha value is -0.810. The average molecular weight is 308 g/mol. The molecule has 2 N–H and O–H groups in total. The number of amides is 2. The second kappa shape index (κ2) is 7.18. The van der Waals surface area contributed by atoms with Gasteiger partial charge in [-0.1, -0.05) is 0 Å². The lowest BCUT2D eigenvalue weighted by Crippen LogP contribution is -2.46. The van der Waals surface area contributed by atoms with Crippen LogP contribution in [0.3, 0.4) is 0 Å². The summed E-state index contributed by atoms with van der Waals surface area (Å²) in [5.41, 5.74) is 0. The molecule has 1 heterocycles. The fourth-order valence-corrected chi connectivity index (χ4v) is 3.59. The third kappa shape index (κ3) is 4.85. The summed E-state index contributed by atoms with van der Waals surface area (Å²) in [6.07, 6.45) is 6.55. The van der Waals surface area contributed by atoms with Crippen LogP contribution in [0.25, 0.3) is 0 Å². The Balaban J connectivity index is 1.29. The summed E-state index contributed by atoms with van der Waals surface area (Å²) in [7, 11) is 0. The lowest BCUT2D eigenvalue weighted by atomic mass is 10.3. The molecule has 0 bridgehead atoms. The van der Waals surface area contributed by atoms with Crippen molar-refractivity contribution < 1.29 is 4.79 Å². The summed E-state index contributed by atoms with van der Waals surface area (Å²) in [5.74, 6) is 0.942. The molecule has 1 unspecified atom stereocenters. The van der Waals surface area contributed by atoms with E-state index in [4.69, 9.17) is 0 Å². The monoisotopic (exact) mass is 308 g/mol. The van der Waals surface area contributed by atoms with Crippen LogP contribution in [0, 0.1) is 5.92 Å².